The van der Waals surface area contributed by atoms with E-state index in [2.05, 4.69) is 21.0 Å². The highest BCUT2D eigenvalue weighted by Crippen LogP contribution is 2.13. The van der Waals surface area contributed by atoms with E-state index >= 15 is 0 Å². The van der Waals surface area contributed by atoms with E-state index in [1.54, 1.807) is 6.33 Å². The second kappa shape index (κ2) is 3.30. The predicted octanol–water partition coefficient (Wildman–Crippen LogP) is 1.46. The van der Waals surface area contributed by atoms with E-state index in [9.17, 15) is 0 Å². The number of hydrogen-bond acceptors (Lipinski definition) is 1. The third kappa shape index (κ3) is 1.78. The van der Waals surface area contributed by atoms with Gasteiger partial charge in [0.1, 0.15) is 5.69 Å². The fraction of sp³-hybridized carbons (Fsp3) is 0.111. The Kier molecular flexibility index (Phi) is 2.14. The van der Waals surface area contributed by atoms with Gasteiger partial charge in [0, 0.05) is 9.57 Å². The van der Waals surface area contributed by atoms with Crippen LogP contribution in [0.15, 0.2) is 41.4 Å². The lowest BCUT2D eigenvalue weighted by Gasteiger charge is -1.92. The summed E-state index contributed by atoms with van der Waals surface area (Å²) in [5.41, 5.74) is 1.05. The summed E-state index contributed by atoms with van der Waals surface area (Å²) in [5, 5.41) is 4.19. The van der Waals surface area contributed by atoms with Crippen LogP contribution in [0.2, 0.25) is 0 Å². The third-order valence-corrected chi connectivity index (χ3v) is 2.22. The average molecular weight is 239 g/mol. The minimum absolute atomic E-state index is 1.05. The standard InChI is InChI=1S/C9H9BrN3/c1-12-6-11-13(7-12)9-4-2-3-8(10)5-9/h2-7H,1H3/q+1. The highest BCUT2D eigenvalue weighted by atomic mass is 79.9. The molecule has 1 aromatic heterocycles. The molecule has 0 aliphatic rings. The van der Waals surface area contributed by atoms with Crippen LogP contribution in [0.4, 0.5) is 0 Å². The van der Waals surface area contributed by atoms with Crippen LogP contribution in [0.3, 0.4) is 0 Å². The molecule has 0 spiro atoms. The van der Waals surface area contributed by atoms with Crippen LogP contribution in [0.5, 0.6) is 0 Å². The van der Waals surface area contributed by atoms with Crippen LogP contribution < -0.4 is 4.57 Å². The van der Waals surface area contributed by atoms with Crippen molar-refractivity contribution in [3.8, 4) is 5.69 Å². The largest absolute Gasteiger partial charge is 0.265 e. The Morgan fingerprint density at radius 1 is 1.46 bits per heavy atom. The van der Waals surface area contributed by atoms with E-state index in [1.165, 1.54) is 0 Å². The summed E-state index contributed by atoms with van der Waals surface area (Å²) < 4.78 is 4.79. The first-order chi connectivity index (χ1) is 6.25. The highest BCUT2D eigenvalue weighted by Gasteiger charge is 2.05. The van der Waals surface area contributed by atoms with Crippen LogP contribution >= 0.6 is 15.9 Å². The minimum Gasteiger partial charge on any atom is -0.240 e. The fourth-order valence-electron chi connectivity index (χ4n) is 1.12. The summed E-state index contributed by atoms with van der Waals surface area (Å²) in [6.07, 6.45) is 3.68. The first kappa shape index (κ1) is 8.44. The van der Waals surface area contributed by atoms with Gasteiger partial charge >= 0.3 is 0 Å². The summed E-state index contributed by atoms with van der Waals surface area (Å²) in [6, 6.07) is 8.01. The summed E-state index contributed by atoms with van der Waals surface area (Å²) >= 11 is 3.42. The van der Waals surface area contributed by atoms with Crippen molar-refractivity contribution in [1.82, 2.24) is 9.78 Å². The molecule has 0 N–H and O–H groups in total. The molecule has 0 radical (unpaired) electrons. The number of aromatic nitrogens is 3. The predicted molar refractivity (Wildman–Crippen MR) is 52.4 cm³/mol. The van der Waals surface area contributed by atoms with Gasteiger partial charge in [0.2, 0.25) is 6.33 Å². The van der Waals surface area contributed by atoms with Gasteiger partial charge in [0.05, 0.1) is 7.05 Å². The van der Waals surface area contributed by atoms with Crippen molar-refractivity contribution in [3.63, 3.8) is 0 Å². The second-order valence-corrected chi connectivity index (χ2v) is 3.75. The molecule has 2 aromatic rings. The van der Waals surface area contributed by atoms with Crippen LogP contribution in [-0.4, -0.2) is 9.78 Å². The molecular formula is C9H9BrN3+. The Hall–Kier alpha value is -1.16. The zero-order valence-corrected chi connectivity index (χ0v) is 8.77. The van der Waals surface area contributed by atoms with Crippen LogP contribution in [-0.2, 0) is 7.05 Å². The van der Waals surface area contributed by atoms with Crippen LogP contribution in [0, 0.1) is 0 Å². The first-order valence-electron chi connectivity index (χ1n) is 3.91. The molecule has 4 heteroatoms. The van der Waals surface area contributed by atoms with Gasteiger partial charge in [-0.25, -0.2) is 4.57 Å². The lowest BCUT2D eigenvalue weighted by Crippen LogP contribution is -2.23. The molecule has 0 unspecified atom stereocenters. The molecular weight excluding hydrogens is 230 g/mol. The SMILES string of the molecule is C[n+]1cnn(-c2cccc(Br)c2)c1. The molecule has 0 atom stereocenters. The lowest BCUT2D eigenvalue weighted by molar-refractivity contribution is -0.672. The number of nitrogens with zero attached hydrogens (tertiary/aromatic N) is 3. The van der Waals surface area contributed by atoms with Crippen LogP contribution in [0.25, 0.3) is 5.69 Å². The van der Waals surface area contributed by atoms with Gasteiger partial charge in [-0.2, -0.15) is 0 Å². The van der Waals surface area contributed by atoms with Crippen molar-refractivity contribution in [2.45, 2.75) is 0 Å². The maximum absolute atomic E-state index is 4.19. The summed E-state index contributed by atoms with van der Waals surface area (Å²) in [6.45, 7) is 0. The maximum atomic E-state index is 4.19. The molecule has 2 rings (SSSR count). The molecule has 66 valence electrons. The summed E-state index contributed by atoms with van der Waals surface area (Å²) in [7, 11) is 1.95. The van der Waals surface area contributed by atoms with E-state index < -0.39 is 0 Å². The van der Waals surface area contributed by atoms with Crippen molar-refractivity contribution >= 4 is 15.9 Å². The Morgan fingerprint density at radius 3 is 2.92 bits per heavy atom. The quantitative estimate of drug-likeness (QED) is 0.690. The Balaban J connectivity index is 2.46. The van der Waals surface area contributed by atoms with Gasteiger partial charge in [-0.3, -0.25) is 0 Å². The van der Waals surface area contributed by atoms with E-state index in [4.69, 9.17) is 0 Å². The molecule has 1 heterocycles. The molecule has 1 aromatic carbocycles. The minimum atomic E-state index is 1.05. The van der Waals surface area contributed by atoms with Crippen molar-refractivity contribution in [2.24, 2.45) is 7.05 Å². The topological polar surface area (TPSA) is 21.7 Å². The molecule has 0 fully saturated rings. The second-order valence-electron chi connectivity index (χ2n) is 2.84. The summed E-state index contributed by atoms with van der Waals surface area (Å²) in [5.74, 6) is 0. The Labute approximate surface area is 84.8 Å². The molecule has 0 saturated heterocycles. The number of halogens is 1. The smallest absolute Gasteiger partial charge is 0.240 e. The highest BCUT2D eigenvalue weighted by molar-refractivity contribution is 9.10. The molecule has 0 bridgehead atoms. The maximum Gasteiger partial charge on any atom is 0.265 e. The normalized spacial score (nSPS) is 10.3. The first-order valence-corrected chi connectivity index (χ1v) is 4.71. The molecule has 0 amide bonds. The number of rotatable bonds is 1. The van der Waals surface area contributed by atoms with E-state index in [0.717, 1.165) is 10.2 Å². The van der Waals surface area contributed by atoms with E-state index in [-0.39, 0.29) is 0 Å². The Bertz CT molecular complexity index is 422. The monoisotopic (exact) mass is 238 g/mol. The average Bonchev–Trinajstić information content (AvgIpc) is 2.52. The summed E-state index contributed by atoms with van der Waals surface area (Å²) in [4.78, 5) is 0. The van der Waals surface area contributed by atoms with Crippen LogP contribution in [0.1, 0.15) is 0 Å². The fourth-order valence-corrected chi connectivity index (χ4v) is 1.51. The molecule has 0 saturated carbocycles. The van der Waals surface area contributed by atoms with E-state index in [1.807, 2.05) is 46.9 Å². The van der Waals surface area contributed by atoms with E-state index in [0.29, 0.717) is 0 Å². The van der Waals surface area contributed by atoms with Gasteiger partial charge in [-0.1, -0.05) is 26.7 Å². The lowest BCUT2D eigenvalue weighted by atomic mass is 10.3. The van der Waals surface area contributed by atoms with Gasteiger partial charge in [-0.05, 0) is 18.2 Å². The zero-order valence-electron chi connectivity index (χ0n) is 7.18. The molecule has 0 aliphatic heterocycles. The van der Waals surface area contributed by atoms with Crippen molar-refractivity contribution in [2.75, 3.05) is 0 Å². The molecule has 0 aliphatic carbocycles. The van der Waals surface area contributed by atoms with Gasteiger partial charge < -0.3 is 0 Å². The van der Waals surface area contributed by atoms with Crippen molar-refractivity contribution in [3.05, 3.63) is 41.4 Å². The van der Waals surface area contributed by atoms with Crippen molar-refractivity contribution in [1.29, 1.82) is 0 Å². The number of aryl methyl sites for hydroxylation is 1. The van der Waals surface area contributed by atoms with Gasteiger partial charge in [0.15, 0.2) is 0 Å². The Morgan fingerprint density at radius 2 is 2.31 bits per heavy atom. The zero-order chi connectivity index (χ0) is 9.26. The molecule has 3 nitrogen and oxygen atoms in total. The van der Waals surface area contributed by atoms with Gasteiger partial charge in [0.25, 0.3) is 6.33 Å². The third-order valence-electron chi connectivity index (χ3n) is 1.72. The number of hydrogen-bond donors (Lipinski definition) is 0. The number of benzene rings is 1. The van der Waals surface area contributed by atoms with Crippen molar-refractivity contribution < 1.29 is 4.57 Å². The van der Waals surface area contributed by atoms with Gasteiger partial charge in [-0.15, -0.1) is 0 Å². The molecule has 13 heavy (non-hydrogen) atoms.